The minimum absolute atomic E-state index is 0.0534. The van der Waals surface area contributed by atoms with Crippen molar-refractivity contribution in [1.82, 2.24) is 14.8 Å². The molecule has 3 rings (SSSR count). The number of nitrogens with one attached hydrogen (secondary N) is 1. The fourth-order valence-electron chi connectivity index (χ4n) is 2.82. The van der Waals surface area contributed by atoms with Crippen molar-refractivity contribution in [1.29, 1.82) is 0 Å². The van der Waals surface area contributed by atoms with E-state index in [1.807, 2.05) is 0 Å². The van der Waals surface area contributed by atoms with E-state index in [0.29, 0.717) is 5.69 Å². The van der Waals surface area contributed by atoms with Crippen LogP contribution in [0.15, 0.2) is 35.1 Å². The number of anilines is 1. The maximum atomic E-state index is 12.7. The SMILES string of the molecule is CCOC(=O)c1nn(-c2ccccc2Cl)c(=O)cc1OCC(=O)Nc1nc(C)c(C(=O)OCC)s1. The van der Waals surface area contributed by atoms with Crippen LogP contribution in [0.25, 0.3) is 5.69 Å². The zero-order valence-corrected chi connectivity index (χ0v) is 20.6. The highest BCUT2D eigenvalue weighted by Gasteiger charge is 2.22. The van der Waals surface area contributed by atoms with Crippen molar-refractivity contribution >= 4 is 45.9 Å². The summed E-state index contributed by atoms with van der Waals surface area (Å²) in [6.45, 7) is 4.59. The molecule has 2 aromatic heterocycles. The Hall–Kier alpha value is -3.77. The quantitative estimate of drug-likeness (QED) is 0.422. The molecule has 184 valence electrons. The van der Waals surface area contributed by atoms with E-state index in [9.17, 15) is 19.2 Å². The summed E-state index contributed by atoms with van der Waals surface area (Å²) < 4.78 is 16.3. The molecule has 1 aromatic carbocycles. The van der Waals surface area contributed by atoms with Crippen molar-refractivity contribution in [3.63, 3.8) is 0 Å². The Bertz CT molecular complexity index is 1320. The van der Waals surface area contributed by atoms with Gasteiger partial charge in [0.2, 0.25) is 5.69 Å². The van der Waals surface area contributed by atoms with Crippen LogP contribution in [0.1, 0.15) is 39.7 Å². The van der Waals surface area contributed by atoms with Gasteiger partial charge in [-0.25, -0.2) is 14.6 Å². The third kappa shape index (κ3) is 6.22. The number of nitrogens with zero attached hydrogens (tertiary/aromatic N) is 3. The first kappa shape index (κ1) is 25.8. The molecule has 11 nitrogen and oxygen atoms in total. The number of ether oxygens (including phenoxy) is 3. The van der Waals surface area contributed by atoms with Crippen LogP contribution >= 0.6 is 22.9 Å². The second-order valence-electron chi connectivity index (χ2n) is 6.77. The Morgan fingerprint density at radius 2 is 1.80 bits per heavy atom. The molecule has 13 heteroatoms. The Morgan fingerprint density at radius 3 is 2.49 bits per heavy atom. The number of amides is 1. The van der Waals surface area contributed by atoms with E-state index in [1.54, 1.807) is 45.0 Å². The lowest BCUT2D eigenvalue weighted by Gasteiger charge is -2.13. The molecule has 35 heavy (non-hydrogen) atoms. The minimum atomic E-state index is -0.849. The van der Waals surface area contributed by atoms with E-state index in [2.05, 4.69) is 15.4 Å². The predicted molar refractivity (Wildman–Crippen MR) is 128 cm³/mol. The van der Waals surface area contributed by atoms with Crippen molar-refractivity contribution in [3.8, 4) is 11.4 Å². The van der Waals surface area contributed by atoms with Gasteiger partial charge in [-0.05, 0) is 32.9 Å². The number of aromatic nitrogens is 3. The third-order valence-corrected chi connectivity index (χ3v) is 5.68. The number of hydrogen-bond donors (Lipinski definition) is 1. The molecule has 3 aromatic rings. The highest BCUT2D eigenvalue weighted by atomic mass is 35.5. The van der Waals surface area contributed by atoms with Gasteiger partial charge >= 0.3 is 11.9 Å². The van der Waals surface area contributed by atoms with Gasteiger partial charge < -0.3 is 14.2 Å². The zero-order valence-electron chi connectivity index (χ0n) is 19.0. The monoisotopic (exact) mass is 520 g/mol. The second-order valence-corrected chi connectivity index (χ2v) is 8.18. The number of carbonyl (C=O) groups excluding carboxylic acids is 3. The summed E-state index contributed by atoms with van der Waals surface area (Å²) in [5.74, 6) is -2.27. The topological polar surface area (TPSA) is 139 Å². The molecule has 2 heterocycles. The Kier molecular flexibility index (Phi) is 8.55. The van der Waals surface area contributed by atoms with Gasteiger partial charge in [-0.1, -0.05) is 35.1 Å². The summed E-state index contributed by atoms with van der Waals surface area (Å²) in [5.41, 5.74) is -0.294. The van der Waals surface area contributed by atoms with Gasteiger partial charge in [-0.15, -0.1) is 0 Å². The van der Waals surface area contributed by atoms with Crippen LogP contribution in [-0.2, 0) is 14.3 Å². The van der Waals surface area contributed by atoms with Crippen molar-refractivity contribution in [3.05, 3.63) is 62.0 Å². The number of carbonyl (C=O) groups is 3. The summed E-state index contributed by atoms with van der Waals surface area (Å²) in [6, 6.07) is 7.47. The number of para-hydroxylation sites is 1. The summed E-state index contributed by atoms with van der Waals surface area (Å²) in [7, 11) is 0. The van der Waals surface area contributed by atoms with E-state index < -0.39 is 30.0 Å². The molecule has 0 radical (unpaired) electrons. The number of halogens is 1. The van der Waals surface area contributed by atoms with Gasteiger partial charge in [-0.3, -0.25) is 14.9 Å². The molecule has 0 bridgehead atoms. The first-order valence-corrected chi connectivity index (χ1v) is 11.6. The van der Waals surface area contributed by atoms with Crippen LogP contribution < -0.4 is 15.6 Å². The van der Waals surface area contributed by atoms with E-state index >= 15 is 0 Å². The molecule has 1 amide bonds. The molecular formula is C22H21ClN4O7S. The van der Waals surface area contributed by atoms with Crippen LogP contribution in [0.3, 0.4) is 0 Å². The predicted octanol–water partition coefficient (Wildman–Crippen LogP) is 3.02. The standard InChI is InChI=1S/C22H21ClN4O7S/c1-4-32-20(30)18-15(10-17(29)27(26-18)14-9-7-6-8-13(14)23)34-11-16(28)25-22-24-12(3)19(35-22)21(31)33-5-2/h6-10H,4-5,11H2,1-3H3,(H,24,25,28). The first-order chi connectivity index (χ1) is 16.7. The summed E-state index contributed by atoms with van der Waals surface area (Å²) in [6.07, 6.45) is 0. The highest BCUT2D eigenvalue weighted by molar-refractivity contribution is 7.17. The molecule has 0 aliphatic rings. The smallest absolute Gasteiger partial charge is 0.362 e. The van der Waals surface area contributed by atoms with E-state index in [4.69, 9.17) is 25.8 Å². The Morgan fingerprint density at radius 1 is 1.11 bits per heavy atom. The molecule has 0 aliphatic carbocycles. The molecule has 0 saturated heterocycles. The van der Waals surface area contributed by atoms with Gasteiger partial charge in [0, 0.05) is 0 Å². The first-order valence-electron chi connectivity index (χ1n) is 10.4. The molecule has 0 spiro atoms. The normalized spacial score (nSPS) is 10.5. The van der Waals surface area contributed by atoms with Crippen molar-refractivity contribution in [2.24, 2.45) is 0 Å². The Labute approximate surface area is 208 Å². The van der Waals surface area contributed by atoms with Crippen LogP contribution in [0.4, 0.5) is 5.13 Å². The summed E-state index contributed by atoms with van der Waals surface area (Å²) >= 11 is 7.11. The van der Waals surface area contributed by atoms with Crippen molar-refractivity contribution in [2.45, 2.75) is 20.8 Å². The van der Waals surface area contributed by atoms with E-state index in [0.717, 1.165) is 22.1 Å². The third-order valence-electron chi connectivity index (χ3n) is 4.31. The number of hydrogen-bond acceptors (Lipinski definition) is 10. The number of thiazole rings is 1. The molecule has 0 aliphatic heterocycles. The molecular weight excluding hydrogens is 500 g/mol. The van der Waals surface area contributed by atoms with Gasteiger partial charge in [0.25, 0.3) is 11.5 Å². The second kappa shape index (κ2) is 11.6. The Balaban J connectivity index is 1.81. The average molecular weight is 521 g/mol. The van der Waals surface area contributed by atoms with Gasteiger partial charge in [0.15, 0.2) is 17.5 Å². The fraction of sp³-hybridized carbons (Fsp3) is 0.273. The van der Waals surface area contributed by atoms with Crippen LogP contribution in [0.2, 0.25) is 5.02 Å². The number of benzene rings is 1. The van der Waals surface area contributed by atoms with E-state index in [1.165, 1.54) is 0 Å². The average Bonchev–Trinajstić information content (AvgIpc) is 3.18. The number of esters is 2. The maximum Gasteiger partial charge on any atom is 0.362 e. The molecule has 1 N–H and O–H groups in total. The summed E-state index contributed by atoms with van der Waals surface area (Å²) in [4.78, 5) is 53.9. The lowest BCUT2D eigenvalue weighted by molar-refractivity contribution is -0.118. The van der Waals surface area contributed by atoms with Crippen molar-refractivity contribution in [2.75, 3.05) is 25.1 Å². The fourth-order valence-corrected chi connectivity index (χ4v) is 3.91. The largest absolute Gasteiger partial charge is 0.481 e. The van der Waals surface area contributed by atoms with Crippen molar-refractivity contribution < 1.29 is 28.6 Å². The van der Waals surface area contributed by atoms with Crippen LogP contribution in [0.5, 0.6) is 5.75 Å². The number of aryl methyl sites for hydroxylation is 1. The lowest BCUT2D eigenvalue weighted by atomic mass is 10.3. The van der Waals surface area contributed by atoms with Gasteiger partial charge in [0.05, 0.1) is 35.7 Å². The molecule has 0 saturated carbocycles. The molecule has 0 fully saturated rings. The zero-order chi connectivity index (χ0) is 25.5. The summed E-state index contributed by atoms with van der Waals surface area (Å²) in [5, 5.41) is 6.97. The molecule has 0 unspecified atom stereocenters. The lowest BCUT2D eigenvalue weighted by Crippen LogP contribution is -2.27. The van der Waals surface area contributed by atoms with E-state index in [-0.39, 0.29) is 45.4 Å². The molecule has 0 atom stereocenters. The van der Waals surface area contributed by atoms with Gasteiger partial charge in [-0.2, -0.15) is 9.78 Å². The van der Waals surface area contributed by atoms with Crippen LogP contribution in [0, 0.1) is 6.92 Å². The van der Waals surface area contributed by atoms with Gasteiger partial charge in [0.1, 0.15) is 4.88 Å². The van der Waals surface area contributed by atoms with Crippen LogP contribution in [-0.4, -0.2) is 52.4 Å². The number of rotatable bonds is 9. The minimum Gasteiger partial charge on any atom is -0.481 e. The maximum absolute atomic E-state index is 12.7. The highest BCUT2D eigenvalue weighted by Crippen LogP contribution is 2.24.